The first-order valence-corrected chi connectivity index (χ1v) is 8.58. The first-order valence-electron chi connectivity index (χ1n) is 8.58. The average Bonchev–Trinajstić information content (AvgIpc) is 2.81. The average molecular weight is 341 g/mol. The van der Waals surface area contributed by atoms with Gasteiger partial charge in [-0.2, -0.15) is 0 Å². The summed E-state index contributed by atoms with van der Waals surface area (Å²) in [5, 5.41) is 3.26. The molecule has 0 radical (unpaired) electrons. The lowest BCUT2D eigenvalue weighted by Crippen LogP contribution is -2.05. The summed E-state index contributed by atoms with van der Waals surface area (Å²) in [7, 11) is 1.64. The van der Waals surface area contributed by atoms with Gasteiger partial charge >= 0.3 is 0 Å². The van der Waals surface area contributed by atoms with E-state index in [1.807, 2.05) is 72.9 Å². The van der Waals surface area contributed by atoms with E-state index in [0.29, 0.717) is 5.57 Å². The molecule has 0 saturated heterocycles. The zero-order valence-electron chi connectivity index (χ0n) is 14.5. The van der Waals surface area contributed by atoms with Crippen LogP contribution in [0.5, 0.6) is 5.75 Å². The fraction of sp³-hybridized carbons (Fsp3) is 0.0870. The second-order valence-electron chi connectivity index (χ2n) is 6.25. The maximum Gasteiger partial charge on any atom is 0.195 e. The molecule has 0 aromatic heterocycles. The third-order valence-corrected chi connectivity index (χ3v) is 4.67. The first-order chi connectivity index (χ1) is 12.8. The molecule has 1 N–H and O–H groups in total. The molecule has 3 aromatic rings. The zero-order chi connectivity index (χ0) is 17.9. The summed E-state index contributed by atoms with van der Waals surface area (Å²) >= 11 is 0. The first kappa shape index (κ1) is 16.2. The van der Waals surface area contributed by atoms with Gasteiger partial charge in [-0.3, -0.25) is 4.79 Å². The number of fused-ring (bicyclic) bond motifs is 2. The summed E-state index contributed by atoms with van der Waals surface area (Å²) in [6.07, 6.45) is 2.57. The Hall–Kier alpha value is -3.33. The SMILES string of the molecule is COc1ccc(N/C=C2/C(=O)c3ccccc3Cc3ccccc32)cc1. The number of carbonyl (C=O) groups excluding carboxylic acids is 1. The van der Waals surface area contributed by atoms with Gasteiger partial charge in [-0.25, -0.2) is 0 Å². The molecule has 1 aliphatic carbocycles. The second kappa shape index (κ2) is 6.89. The van der Waals surface area contributed by atoms with Crippen molar-refractivity contribution < 1.29 is 9.53 Å². The lowest BCUT2D eigenvalue weighted by Gasteiger charge is -2.09. The van der Waals surface area contributed by atoms with Crippen LogP contribution in [0, 0.1) is 0 Å². The Labute approximate surface area is 152 Å². The van der Waals surface area contributed by atoms with Crippen LogP contribution in [-0.4, -0.2) is 12.9 Å². The van der Waals surface area contributed by atoms with E-state index < -0.39 is 0 Å². The van der Waals surface area contributed by atoms with Gasteiger partial charge in [0.2, 0.25) is 0 Å². The van der Waals surface area contributed by atoms with Gasteiger partial charge in [0.1, 0.15) is 5.75 Å². The van der Waals surface area contributed by atoms with E-state index in [0.717, 1.165) is 40.1 Å². The van der Waals surface area contributed by atoms with Crippen LogP contribution in [0.3, 0.4) is 0 Å². The molecule has 0 saturated carbocycles. The molecule has 1 aliphatic rings. The van der Waals surface area contributed by atoms with Crippen molar-refractivity contribution in [1.29, 1.82) is 0 Å². The number of anilines is 1. The van der Waals surface area contributed by atoms with Crippen molar-refractivity contribution in [3.8, 4) is 5.75 Å². The van der Waals surface area contributed by atoms with Crippen LogP contribution in [0.25, 0.3) is 5.57 Å². The van der Waals surface area contributed by atoms with E-state index in [4.69, 9.17) is 4.74 Å². The van der Waals surface area contributed by atoms with Gasteiger partial charge in [-0.15, -0.1) is 0 Å². The Morgan fingerprint density at radius 1 is 0.846 bits per heavy atom. The summed E-state index contributed by atoms with van der Waals surface area (Å²) in [6, 6.07) is 23.6. The Kier molecular flexibility index (Phi) is 4.28. The number of ketones is 1. The highest BCUT2D eigenvalue weighted by molar-refractivity contribution is 6.30. The molecule has 0 unspecified atom stereocenters. The molecule has 0 fully saturated rings. The monoisotopic (exact) mass is 341 g/mol. The normalized spacial score (nSPS) is 14.3. The third kappa shape index (κ3) is 3.00. The van der Waals surface area contributed by atoms with Gasteiger partial charge in [0.15, 0.2) is 5.78 Å². The summed E-state index contributed by atoms with van der Waals surface area (Å²) in [4.78, 5) is 13.2. The number of nitrogens with one attached hydrogen (secondary N) is 1. The van der Waals surface area contributed by atoms with E-state index in [2.05, 4.69) is 11.4 Å². The molecule has 3 heteroatoms. The van der Waals surface area contributed by atoms with E-state index in [9.17, 15) is 4.79 Å². The lowest BCUT2D eigenvalue weighted by molar-refractivity contribution is 0.105. The summed E-state index contributed by atoms with van der Waals surface area (Å²) in [5.41, 5.74) is 5.56. The molecule has 26 heavy (non-hydrogen) atoms. The summed E-state index contributed by atoms with van der Waals surface area (Å²) in [6.45, 7) is 0. The topological polar surface area (TPSA) is 38.3 Å². The molecule has 3 nitrogen and oxygen atoms in total. The molecule has 0 heterocycles. The largest absolute Gasteiger partial charge is 0.497 e. The Morgan fingerprint density at radius 2 is 1.46 bits per heavy atom. The molecule has 0 spiro atoms. The van der Waals surface area contributed by atoms with E-state index in [1.165, 1.54) is 0 Å². The smallest absolute Gasteiger partial charge is 0.195 e. The predicted octanol–water partition coefficient (Wildman–Crippen LogP) is 4.94. The number of ether oxygens (including phenoxy) is 1. The number of carbonyl (C=O) groups is 1. The van der Waals surface area contributed by atoms with Gasteiger partial charge in [0.05, 0.1) is 7.11 Å². The minimum Gasteiger partial charge on any atom is -0.497 e. The molecule has 0 amide bonds. The minimum atomic E-state index is 0.0477. The fourth-order valence-corrected chi connectivity index (χ4v) is 3.29. The number of benzene rings is 3. The lowest BCUT2D eigenvalue weighted by atomic mass is 9.97. The Morgan fingerprint density at radius 3 is 2.15 bits per heavy atom. The highest BCUT2D eigenvalue weighted by atomic mass is 16.5. The summed E-state index contributed by atoms with van der Waals surface area (Å²) in [5.74, 6) is 0.847. The van der Waals surface area contributed by atoms with Crippen molar-refractivity contribution in [2.75, 3.05) is 12.4 Å². The molecule has 0 bridgehead atoms. The third-order valence-electron chi connectivity index (χ3n) is 4.67. The van der Waals surface area contributed by atoms with Crippen LogP contribution < -0.4 is 10.1 Å². The molecule has 0 atom stereocenters. The molecular formula is C23H19NO2. The van der Waals surface area contributed by atoms with E-state index >= 15 is 0 Å². The Balaban J connectivity index is 1.76. The predicted molar refractivity (Wildman–Crippen MR) is 105 cm³/mol. The van der Waals surface area contributed by atoms with Crippen LogP contribution in [0.2, 0.25) is 0 Å². The van der Waals surface area contributed by atoms with Crippen LogP contribution in [0.4, 0.5) is 5.69 Å². The minimum absolute atomic E-state index is 0.0477. The molecule has 128 valence electrons. The number of Topliss-reactive ketones (excluding diaryl/α,β-unsaturated/α-hetero) is 1. The molecular weight excluding hydrogens is 322 g/mol. The van der Waals surface area contributed by atoms with Gasteiger partial charge in [-0.1, -0.05) is 48.5 Å². The highest BCUT2D eigenvalue weighted by Gasteiger charge is 2.23. The van der Waals surface area contributed by atoms with Crippen molar-refractivity contribution in [3.63, 3.8) is 0 Å². The van der Waals surface area contributed by atoms with E-state index in [-0.39, 0.29) is 5.78 Å². The van der Waals surface area contributed by atoms with Crippen LogP contribution in [-0.2, 0) is 6.42 Å². The van der Waals surface area contributed by atoms with Gasteiger partial charge in [0.25, 0.3) is 0 Å². The van der Waals surface area contributed by atoms with Gasteiger partial charge in [-0.05, 0) is 47.4 Å². The van der Waals surface area contributed by atoms with E-state index in [1.54, 1.807) is 7.11 Å². The van der Waals surface area contributed by atoms with Crippen molar-refractivity contribution in [2.24, 2.45) is 0 Å². The number of rotatable bonds is 3. The highest BCUT2D eigenvalue weighted by Crippen LogP contribution is 2.31. The van der Waals surface area contributed by atoms with Gasteiger partial charge < -0.3 is 10.1 Å². The maximum atomic E-state index is 13.2. The van der Waals surface area contributed by atoms with Crippen molar-refractivity contribution in [1.82, 2.24) is 0 Å². The zero-order valence-corrected chi connectivity index (χ0v) is 14.5. The molecule has 0 aliphatic heterocycles. The van der Waals surface area contributed by atoms with Crippen LogP contribution in [0.1, 0.15) is 27.0 Å². The van der Waals surface area contributed by atoms with Gasteiger partial charge in [0, 0.05) is 23.0 Å². The van der Waals surface area contributed by atoms with Crippen molar-refractivity contribution in [2.45, 2.75) is 6.42 Å². The standard InChI is InChI=1S/C23H19NO2/c1-26-19-12-10-18(11-13-19)24-15-22-20-8-4-2-6-16(20)14-17-7-3-5-9-21(17)23(22)25/h2-13,15,24H,14H2,1H3/b22-15+. The number of hydrogen-bond donors (Lipinski definition) is 1. The van der Waals surface area contributed by atoms with Crippen LogP contribution in [0.15, 0.2) is 79.0 Å². The number of methoxy groups -OCH3 is 1. The quantitative estimate of drug-likeness (QED) is 0.686. The number of allylic oxidation sites excluding steroid dienone is 1. The molecule has 4 rings (SSSR count). The Bertz CT molecular complexity index is 987. The van der Waals surface area contributed by atoms with Crippen molar-refractivity contribution >= 4 is 17.0 Å². The maximum absolute atomic E-state index is 13.2. The van der Waals surface area contributed by atoms with Crippen LogP contribution >= 0.6 is 0 Å². The summed E-state index contributed by atoms with van der Waals surface area (Å²) < 4.78 is 5.19. The molecule has 3 aromatic carbocycles. The van der Waals surface area contributed by atoms with Crippen molar-refractivity contribution in [3.05, 3.63) is 101 Å². The fourth-order valence-electron chi connectivity index (χ4n) is 3.29. The number of hydrogen-bond acceptors (Lipinski definition) is 3. The second-order valence-corrected chi connectivity index (χ2v) is 6.25.